The molecular weight excluding hydrogens is 318 g/mol. The Labute approximate surface area is 150 Å². The zero-order valence-corrected chi connectivity index (χ0v) is 15.0. The Bertz CT molecular complexity index is 538. The summed E-state index contributed by atoms with van der Waals surface area (Å²) >= 11 is 0. The van der Waals surface area contributed by atoms with Gasteiger partial charge >= 0.3 is 5.97 Å². The van der Waals surface area contributed by atoms with Crippen molar-refractivity contribution in [3.8, 4) is 0 Å². The maximum atomic E-state index is 12.8. The molecule has 1 aliphatic carbocycles. The fourth-order valence-electron chi connectivity index (χ4n) is 3.50. The average Bonchev–Trinajstić information content (AvgIpc) is 2.65. The fourth-order valence-corrected chi connectivity index (χ4v) is 3.50. The van der Waals surface area contributed by atoms with E-state index in [4.69, 9.17) is 9.84 Å². The first kappa shape index (κ1) is 19.4. The number of methoxy groups -OCH3 is 1. The van der Waals surface area contributed by atoms with E-state index in [-0.39, 0.29) is 17.7 Å². The summed E-state index contributed by atoms with van der Waals surface area (Å²) in [6, 6.07) is 10.3. The largest absolute Gasteiger partial charge is 0.481 e. The molecule has 0 aromatic heterocycles. The van der Waals surface area contributed by atoms with E-state index >= 15 is 0 Å². The summed E-state index contributed by atoms with van der Waals surface area (Å²) in [5.41, 5.74) is 1.28. The van der Waals surface area contributed by atoms with Crippen LogP contribution in [-0.4, -0.2) is 48.7 Å². The highest BCUT2D eigenvalue weighted by Crippen LogP contribution is 2.30. The summed E-state index contributed by atoms with van der Waals surface area (Å²) < 4.78 is 5.15. The maximum absolute atomic E-state index is 12.8. The molecule has 0 saturated heterocycles. The lowest BCUT2D eigenvalue weighted by molar-refractivity contribution is -0.145. The molecule has 0 radical (unpaired) electrons. The molecule has 2 rings (SSSR count). The second kappa shape index (κ2) is 10.2. The van der Waals surface area contributed by atoms with Crippen molar-refractivity contribution in [2.45, 2.75) is 38.5 Å². The van der Waals surface area contributed by atoms with Gasteiger partial charge in [0.05, 0.1) is 12.5 Å². The Balaban J connectivity index is 1.85. The molecule has 0 atom stereocenters. The predicted octanol–water partition coefficient (Wildman–Crippen LogP) is 2.99. The first-order valence-electron chi connectivity index (χ1n) is 9.16. The van der Waals surface area contributed by atoms with E-state index in [1.165, 1.54) is 5.56 Å². The average molecular weight is 347 g/mol. The van der Waals surface area contributed by atoms with E-state index < -0.39 is 5.97 Å². The summed E-state index contributed by atoms with van der Waals surface area (Å²) in [5, 5.41) is 9.10. The molecular formula is C20H29NO4. The Hall–Kier alpha value is -1.88. The molecule has 1 N–H and O–H groups in total. The van der Waals surface area contributed by atoms with Gasteiger partial charge in [0.25, 0.3) is 0 Å². The van der Waals surface area contributed by atoms with Gasteiger partial charge in [0.2, 0.25) is 5.91 Å². The fraction of sp³-hybridized carbons (Fsp3) is 0.600. The van der Waals surface area contributed by atoms with Gasteiger partial charge in [-0.2, -0.15) is 0 Å². The zero-order valence-electron chi connectivity index (χ0n) is 15.0. The van der Waals surface area contributed by atoms with Gasteiger partial charge in [-0.25, -0.2) is 0 Å². The van der Waals surface area contributed by atoms with Gasteiger partial charge in [-0.05, 0) is 44.1 Å². The second-order valence-electron chi connectivity index (χ2n) is 6.79. The van der Waals surface area contributed by atoms with Crippen LogP contribution < -0.4 is 0 Å². The van der Waals surface area contributed by atoms with Crippen molar-refractivity contribution in [1.82, 2.24) is 4.90 Å². The molecule has 5 heteroatoms. The number of carbonyl (C=O) groups excluding carboxylic acids is 1. The topological polar surface area (TPSA) is 66.8 Å². The standard InChI is InChI=1S/C20H29NO4/c1-25-15-14-21(13-5-8-16-6-3-2-4-7-16)19(22)17-9-11-18(12-10-17)20(23)24/h2-4,6-7,17-18H,5,8-15H2,1H3,(H,23,24). The van der Waals surface area contributed by atoms with Crippen LogP contribution >= 0.6 is 0 Å². The van der Waals surface area contributed by atoms with Crippen molar-refractivity contribution in [3.05, 3.63) is 35.9 Å². The molecule has 1 saturated carbocycles. The predicted molar refractivity (Wildman–Crippen MR) is 96.3 cm³/mol. The monoisotopic (exact) mass is 347 g/mol. The number of hydrogen-bond acceptors (Lipinski definition) is 3. The van der Waals surface area contributed by atoms with Crippen LogP contribution in [0.2, 0.25) is 0 Å². The lowest BCUT2D eigenvalue weighted by Crippen LogP contribution is -2.40. The van der Waals surface area contributed by atoms with Gasteiger partial charge in [-0.3, -0.25) is 9.59 Å². The lowest BCUT2D eigenvalue weighted by Gasteiger charge is -2.31. The molecule has 138 valence electrons. The number of carbonyl (C=O) groups is 2. The molecule has 0 aliphatic heterocycles. The van der Waals surface area contributed by atoms with Crippen LogP contribution in [0.4, 0.5) is 0 Å². The lowest BCUT2D eigenvalue weighted by atomic mass is 9.81. The molecule has 5 nitrogen and oxygen atoms in total. The van der Waals surface area contributed by atoms with E-state index in [1.807, 2.05) is 23.1 Å². The SMILES string of the molecule is COCCN(CCCc1ccccc1)C(=O)C1CCC(C(=O)O)CC1. The molecule has 1 aliphatic rings. The third-order valence-electron chi connectivity index (χ3n) is 5.04. The second-order valence-corrected chi connectivity index (χ2v) is 6.79. The van der Waals surface area contributed by atoms with Crippen molar-refractivity contribution in [2.75, 3.05) is 26.8 Å². The van der Waals surface area contributed by atoms with Crippen LogP contribution in [0.25, 0.3) is 0 Å². The minimum atomic E-state index is -0.731. The van der Waals surface area contributed by atoms with E-state index in [0.29, 0.717) is 38.8 Å². The normalized spacial score (nSPS) is 20.2. The third kappa shape index (κ3) is 6.16. The number of aliphatic carboxylic acids is 1. The molecule has 0 spiro atoms. The van der Waals surface area contributed by atoms with Crippen molar-refractivity contribution >= 4 is 11.9 Å². The first-order chi connectivity index (χ1) is 12.1. The molecule has 25 heavy (non-hydrogen) atoms. The number of benzene rings is 1. The zero-order chi connectivity index (χ0) is 18.1. The number of carboxylic acids is 1. The Morgan fingerprint density at radius 1 is 1.08 bits per heavy atom. The molecule has 0 heterocycles. The number of rotatable bonds is 9. The van der Waals surface area contributed by atoms with Crippen molar-refractivity contribution in [1.29, 1.82) is 0 Å². The highest BCUT2D eigenvalue weighted by molar-refractivity contribution is 5.79. The van der Waals surface area contributed by atoms with Crippen LogP contribution in [0.3, 0.4) is 0 Å². The Kier molecular flexibility index (Phi) is 7.92. The van der Waals surface area contributed by atoms with Gasteiger partial charge in [0.1, 0.15) is 0 Å². The van der Waals surface area contributed by atoms with Crippen LogP contribution in [0.5, 0.6) is 0 Å². The summed E-state index contributed by atoms with van der Waals surface area (Å²) in [4.78, 5) is 25.8. The van der Waals surface area contributed by atoms with Gasteiger partial charge in [-0.15, -0.1) is 0 Å². The molecule has 0 bridgehead atoms. The van der Waals surface area contributed by atoms with Crippen LogP contribution in [0.15, 0.2) is 30.3 Å². The van der Waals surface area contributed by atoms with Crippen molar-refractivity contribution in [2.24, 2.45) is 11.8 Å². The van der Waals surface area contributed by atoms with E-state index in [2.05, 4.69) is 12.1 Å². The number of aryl methyl sites for hydroxylation is 1. The van der Waals surface area contributed by atoms with E-state index in [9.17, 15) is 9.59 Å². The minimum Gasteiger partial charge on any atom is -0.481 e. The molecule has 0 unspecified atom stereocenters. The minimum absolute atomic E-state index is 0.0378. The third-order valence-corrected chi connectivity index (χ3v) is 5.04. The van der Waals surface area contributed by atoms with Gasteiger partial charge < -0.3 is 14.7 Å². The Morgan fingerprint density at radius 3 is 2.32 bits per heavy atom. The number of amides is 1. The molecule has 1 aromatic carbocycles. The maximum Gasteiger partial charge on any atom is 0.306 e. The summed E-state index contributed by atoms with van der Waals surface area (Å²) in [6.45, 7) is 1.85. The van der Waals surface area contributed by atoms with Crippen LogP contribution in [0, 0.1) is 11.8 Å². The Morgan fingerprint density at radius 2 is 1.72 bits per heavy atom. The smallest absolute Gasteiger partial charge is 0.306 e. The van der Waals surface area contributed by atoms with E-state index in [1.54, 1.807) is 7.11 Å². The van der Waals surface area contributed by atoms with Gasteiger partial charge in [-0.1, -0.05) is 30.3 Å². The molecule has 1 amide bonds. The number of carboxylic acid groups (broad SMARTS) is 1. The van der Waals surface area contributed by atoms with Crippen LogP contribution in [0.1, 0.15) is 37.7 Å². The van der Waals surface area contributed by atoms with E-state index in [0.717, 1.165) is 19.4 Å². The number of hydrogen-bond donors (Lipinski definition) is 1. The molecule has 1 aromatic rings. The summed E-state index contributed by atoms with van der Waals surface area (Å²) in [6.07, 6.45) is 4.44. The quantitative estimate of drug-likeness (QED) is 0.746. The number of nitrogens with zero attached hydrogens (tertiary/aromatic N) is 1. The first-order valence-corrected chi connectivity index (χ1v) is 9.16. The molecule has 1 fully saturated rings. The highest BCUT2D eigenvalue weighted by Gasteiger charge is 2.31. The summed E-state index contributed by atoms with van der Waals surface area (Å²) in [7, 11) is 1.64. The van der Waals surface area contributed by atoms with Gasteiger partial charge in [0.15, 0.2) is 0 Å². The van der Waals surface area contributed by atoms with Crippen LogP contribution in [-0.2, 0) is 20.7 Å². The van der Waals surface area contributed by atoms with Crippen molar-refractivity contribution in [3.63, 3.8) is 0 Å². The summed E-state index contributed by atoms with van der Waals surface area (Å²) in [5.74, 6) is -0.891. The number of ether oxygens (including phenoxy) is 1. The van der Waals surface area contributed by atoms with Crippen molar-refractivity contribution < 1.29 is 19.4 Å². The highest BCUT2D eigenvalue weighted by atomic mass is 16.5. The van der Waals surface area contributed by atoms with Gasteiger partial charge in [0, 0.05) is 26.1 Å².